The van der Waals surface area contributed by atoms with Crippen LogP contribution in [0.5, 0.6) is 0 Å². The van der Waals surface area contributed by atoms with Gasteiger partial charge in [0.25, 0.3) is 11.8 Å². The minimum atomic E-state index is -1.81. The Bertz CT molecular complexity index is 634. The van der Waals surface area contributed by atoms with Gasteiger partial charge in [-0.3, -0.25) is 14.4 Å². The molecule has 27 heavy (non-hydrogen) atoms. The third-order valence-electron chi connectivity index (χ3n) is 4.85. The van der Waals surface area contributed by atoms with Crippen molar-refractivity contribution in [2.75, 3.05) is 0 Å². The van der Waals surface area contributed by atoms with Gasteiger partial charge < -0.3 is 4.84 Å². The molecule has 1 fully saturated rings. The molecular weight excluding hydrogens is 353 g/mol. The van der Waals surface area contributed by atoms with E-state index in [0.29, 0.717) is 37.2 Å². The Morgan fingerprint density at radius 1 is 1.00 bits per heavy atom. The molecule has 0 spiro atoms. The van der Waals surface area contributed by atoms with Crippen LogP contribution in [0.25, 0.3) is 0 Å². The average molecular weight is 379 g/mol. The Balaban J connectivity index is 1.59. The molecule has 1 saturated heterocycles. The molecule has 0 radical (unpaired) electrons. The molecule has 2 rings (SSSR count). The van der Waals surface area contributed by atoms with E-state index in [1.54, 1.807) is 0 Å². The first-order valence-corrected chi connectivity index (χ1v) is 9.67. The van der Waals surface area contributed by atoms with Crippen LogP contribution < -0.4 is 0 Å². The molecule has 0 saturated carbocycles. The largest absolute Gasteiger partial charge is 0.333 e. The first-order chi connectivity index (χ1) is 12.9. The number of hydrogen-bond donors (Lipinski definition) is 0. The highest BCUT2D eigenvalue weighted by atomic mass is 19.1. The SMILES string of the molecule is O=C(CCCCCCC(=O)C1(F)CC#CCCCC1)ON1C(=O)CCC1=O. The number of carbonyl (C=O) groups excluding carboxylic acids is 4. The molecule has 0 aromatic rings. The van der Waals surface area contributed by atoms with Gasteiger partial charge in [0.2, 0.25) is 0 Å². The predicted molar refractivity (Wildman–Crippen MR) is 94.6 cm³/mol. The molecule has 6 nitrogen and oxygen atoms in total. The van der Waals surface area contributed by atoms with Gasteiger partial charge in [-0.15, -0.1) is 11.0 Å². The molecule has 0 aromatic heterocycles. The number of ketones is 1. The maximum absolute atomic E-state index is 14.8. The summed E-state index contributed by atoms with van der Waals surface area (Å²) < 4.78 is 14.8. The molecule has 7 heteroatoms. The van der Waals surface area contributed by atoms with Gasteiger partial charge in [-0.25, -0.2) is 9.18 Å². The Hall–Kier alpha value is -2.23. The molecule has 0 N–H and O–H groups in total. The maximum atomic E-state index is 14.8. The third kappa shape index (κ3) is 6.46. The zero-order valence-corrected chi connectivity index (χ0v) is 15.6. The van der Waals surface area contributed by atoms with Crippen LogP contribution in [-0.2, 0) is 24.0 Å². The molecule has 148 valence electrons. The summed E-state index contributed by atoms with van der Waals surface area (Å²) >= 11 is 0. The van der Waals surface area contributed by atoms with Gasteiger partial charge in [0, 0.05) is 32.1 Å². The molecule has 0 bridgehead atoms. The Labute approximate surface area is 158 Å². The Morgan fingerprint density at radius 3 is 2.37 bits per heavy atom. The van der Waals surface area contributed by atoms with Gasteiger partial charge in [-0.05, 0) is 32.1 Å². The van der Waals surface area contributed by atoms with E-state index in [-0.39, 0.29) is 44.3 Å². The average Bonchev–Trinajstić information content (AvgIpc) is 2.93. The third-order valence-corrected chi connectivity index (χ3v) is 4.85. The van der Waals surface area contributed by atoms with Gasteiger partial charge in [0.05, 0.1) is 6.42 Å². The van der Waals surface area contributed by atoms with Gasteiger partial charge >= 0.3 is 5.97 Å². The van der Waals surface area contributed by atoms with E-state index in [4.69, 9.17) is 4.84 Å². The fraction of sp³-hybridized carbons (Fsp3) is 0.700. The van der Waals surface area contributed by atoms with Crippen molar-refractivity contribution in [1.82, 2.24) is 5.06 Å². The number of nitrogens with zero attached hydrogens (tertiary/aromatic N) is 1. The van der Waals surface area contributed by atoms with Crippen LogP contribution >= 0.6 is 0 Å². The van der Waals surface area contributed by atoms with Crippen LogP contribution in [0.3, 0.4) is 0 Å². The second-order valence-electron chi connectivity index (χ2n) is 7.09. The zero-order valence-electron chi connectivity index (χ0n) is 15.6. The van der Waals surface area contributed by atoms with Gasteiger partial charge in [-0.2, -0.15) is 0 Å². The summed E-state index contributed by atoms with van der Waals surface area (Å²) in [6, 6.07) is 0. The normalized spacial score (nSPS) is 22.6. The minimum Gasteiger partial charge on any atom is -0.330 e. The number of rotatable bonds is 9. The number of carbonyl (C=O) groups is 4. The maximum Gasteiger partial charge on any atom is 0.333 e. The smallest absolute Gasteiger partial charge is 0.330 e. The van der Waals surface area contributed by atoms with Crippen molar-refractivity contribution >= 4 is 23.6 Å². The van der Waals surface area contributed by atoms with Crippen LogP contribution in [0.1, 0.15) is 83.5 Å². The summed E-state index contributed by atoms with van der Waals surface area (Å²) in [5.41, 5.74) is -1.81. The fourth-order valence-electron chi connectivity index (χ4n) is 3.17. The minimum absolute atomic E-state index is 0.00832. The number of imide groups is 1. The summed E-state index contributed by atoms with van der Waals surface area (Å²) in [7, 11) is 0. The van der Waals surface area contributed by atoms with Crippen molar-refractivity contribution in [3.8, 4) is 11.8 Å². The lowest BCUT2D eigenvalue weighted by atomic mass is 9.86. The lowest BCUT2D eigenvalue weighted by Crippen LogP contribution is -2.33. The summed E-state index contributed by atoms with van der Waals surface area (Å²) in [5.74, 6) is 3.68. The summed E-state index contributed by atoms with van der Waals surface area (Å²) in [5, 5.41) is 0.541. The van der Waals surface area contributed by atoms with Crippen molar-refractivity contribution in [3.63, 3.8) is 0 Å². The molecule has 1 heterocycles. The number of Topliss-reactive ketones (excluding diaryl/α,β-unsaturated/α-hetero) is 1. The molecule has 2 aliphatic rings. The van der Waals surface area contributed by atoms with Gasteiger partial charge in [0.15, 0.2) is 11.5 Å². The first kappa shape index (κ1) is 21.1. The van der Waals surface area contributed by atoms with Crippen molar-refractivity contribution < 1.29 is 28.4 Å². The lowest BCUT2D eigenvalue weighted by molar-refractivity contribution is -0.197. The van der Waals surface area contributed by atoms with E-state index >= 15 is 0 Å². The molecule has 0 aromatic carbocycles. The van der Waals surface area contributed by atoms with Crippen LogP contribution in [-0.4, -0.2) is 34.3 Å². The number of unbranched alkanes of at least 4 members (excludes halogenated alkanes) is 3. The quantitative estimate of drug-likeness (QED) is 0.349. The monoisotopic (exact) mass is 379 g/mol. The van der Waals surface area contributed by atoms with Crippen LogP contribution in [0.4, 0.5) is 4.39 Å². The number of amides is 2. The predicted octanol–water partition coefficient (Wildman–Crippen LogP) is 3.18. The molecule has 1 atom stereocenters. The summed E-state index contributed by atoms with van der Waals surface area (Å²) in [4.78, 5) is 51.3. The first-order valence-electron chi connectivity index (χ1n) is 9.67. The van der Waals surface area contributed by atoms with Crippen LogP contribution in [0.15, 0.2) is 0 Å². The summed E-state index contributed by atoms with van der Waals surface area (Å²) in [6.45, 7) is 0. The van der Waals surface area contributed by atoms with Gasteiger partial charge in [-0.1, -0.05) is 18.8 Å². The molecule has 2 amide bonds. The topological polar surface area (TPSA) is 80.8 Å². The number of hydroxylamine groups is 2. The van der Waals surface area contributed by atoms with E-state index in [0.717, 1.165) is 12.8 Å². The number of hydrogen-bond acceptors (Lipinski definition) is 5. The van der Waals surface area contributed by atoms with E-state index < -0.39 is 23.5 Å². The molecule has 1 unspecified atom stereocenters. The lowest BCUT2D eigenvalue weighted by Gasteiger charge is -2.22. The van der Waals surface area contributed by atoms with E-state index in [9.17, 15) is 23.6 Å². The zero-order chi connectivity index (χ0) is 19.7. The second-order valence-corrected chi connectivity index (χ2v) is 7.09. The van der Waals surface area contributed by atoms with Crippen molar-refractivity contribution in [1.29, 1.82) is 0 Å². The second kappa shape index (κ2) is 10.2. The van der Waals surface area contributed by atoms with Crippen molar-refractivity contribution in [2.45, 2.75) is 89.1 Å². The van der Waals surface area contributed by atoms with E-state index in [1.807, 2.05) is 0 Å². The van der Waals surface area contributed by atoms with Gasteiger partial charge in [0.1, 0.15) is 0 Å². The Kier molecular flexibility index (Phi) is 7.96. The highest BCUT2D eigenvalue weighted by molar-refractivity contribution is 6.01. The fourth-order valence-corrected chi connectivity index (χ4v) is 3.17. The van der Waals surface area contributed by atoms with Crippen LogP contribution in [0.2, 0.25) is 0 Å². The van der Waals surface area contributed by atoms with Crippen molar-refractivity contribution in [2.24, 2.45) is 0 Å². The number of alkyl halides is 1. The van der Waals surface area contributed by atoms with Crippen molar-refractivity contribution in [3.05, 3.63) is 0 Å². The van der Waals surface area contributed by atoms with E-state index in [1.165, 1.54) is 0 Å². The Morgan fingerprint density at radius 2 is 1.67 bits per heavy atom. The highest BCUT2D eigenvalue weighted by Gasteiger charge is 2.36. The van der Waals surface area contributed by atoms with Crippen LogP contribution in [0, 0.1) is 11.8 Å². The molecule has 1 aliphatic carbocycles. The summed E-state index contributed by atoms with van der Waals surface area (Å²) in [6.07, 6.45) is 5.41. The standard InChI is InChI=1S/C20H26FNO5/c21-20(14-8-4-1-5-9-15-20)16(23)10-6-2-3-7-11-19(26)27-22-17(24)12-13-18(22)25/h1-4,6-8,10-15H2. The molecular formula is C20H26FNO5. The highest BCUT2D eigenvalue weighted by Crippen LogP contribution is 2.28. The number of halogens is 1. The van der Waals surface area contributed by atoms with E-state index in [2.05, 4.69) is 11.8 Å². The molecule has 1 aliphatic heterocycles.